The highest BCUT2D eigenvalue weighted by Gasteiger charge is 2.03. The SMILES string of the molecule is COCCCC(=O)Nc1ccc(C(C)=NO)cc1. The van der Waals surface area contributed by atoms with Crippen molar-refractivity contribution in [3.63, 3.8) is 0 Å². The largest absolute Gasteiger partial charge is 0.411 e. The Morgan fingerprint density at radius 2 is 2.06 bits per heavy atom. The molecular formula is C13H18N2O3. The van der Waals surface area contributed by atoms with E-state index >= 15 is 0 Å². The van der Waals surface area contributed by atoms with Crippen LogP contribution in [0.25, 0.3) is 0 Å². The van der Waals surface area contributed by atoms with Gasteiger partial charge >= 0.3 is 0 Å². The molecule has 5 heteroatoms. The number of oxime groups is 1. The minimum atomic E-state index is -0.0349. The van der Waals surface area contributed by atoms with Crippen LogP contribution in [0.15, 0.2) is 29.4 Å². The highest BCUT2D eigenvalue weighted by molar-refractivity contribution is 5.99. The Hall–Kier alpha value is -1.88. The number of ether oxygens (including phenoxy) is 1. The summed E-state index contributed by atoms with van der Waals surface area (Å²) in [4.78, 5) is 11.5. The molecule has 0 fully saturated rings. The van der Waals surface area contributed by atoms with Gasteiger partial charge in [0.05, 0.1) is 5.71 Å². The van der Waals surface area contributed by atoms with E-state index in [1.165, 1.54) is 0 Å². The van der Waals surface area contributed by atoms with Gasteiger partial charge in [0.2, 0.25) is 5.91 Å². The van der Waals surface area contributed by atoms with Crippen LogP contribution in [0.2, 0.25) is 0 Å². The Balaban J connectivity index is 2.51. The quantitative estimate of drug-likeness (QED) is 0.352. The van der Waals surface area contributed by atoms with Gasteiger partial charge < -0.3 is 15.3 Å². The van der Waals surface area contributed by atoms with E-state index in [1.54, 1.807) is 38.3 Å². The second kappa shape index (κ2) is 7.45. The average Bonchev–Trinajstić information content (AvgIpc) is 2.39. The van der Waals surface area contributed by atoms with Crippen molar-refractivity contribution in [2.45, 2.75) is 19.8 Å². The first-order chi connectivity index (χ1) is 8.67. The number of amides is 1. The summed E-state index contributed by atoms with van der Waals surface area (Å²) in [6.07, 6.45) is 1.14. The summed E-state index contributed by atoms with van der Waals surface area (Å²) in [7, 11) is 1.61. The monoisotopic (exact) mass is 250 g/mol. The van der Waals surface area contributed by atoms with Crippen molar-refractivity contribution in [1.82, 2.24) is 0 Å². The van der Waals surface area contributed by atoms with Crippen molar-refractivity contribution in [2.75, 3.05) is 19.0 Å². The normalized spacial score (nSPS) is 11.3. The zero-order chi connectivity index (χ0) is 13.4. The molecule has 0 saturated heterocycles. The third-order valence-corrected chi connectivity index (χ3v) is 2.49. The summed E-state index contributed by atoms with van der Waals surface area (Å²) in [5.41, 5.74) is 2.08. The van der Waals surface area contributed by atoms with Gasteiger partial charge in [-0.1, -0.05) is 17.3 Å². The van der Waals surface area contributed by atoms with E-state index in [0.717, 1.165) is 11.3 Å². The number of hydrogen-bond acceptors (Lipinski definition) is 4. The Labute approximate surface area is 106 Å². The standard InChI is InChI=1S/C13H18N2O3/c1-10(15-17)11-5-7-12(8-6-11)14-13(16)4-3-9-18-2/h5-8,17H,3-4,9H2,1-2H3,(H,14,16). The maximum atomic E-state index is 11.5. The van der Waals surface area contributed by atoms with Crippen molar-refractivity contribution >= 4 is 17.3 Å². The lowest BCUT2D eigenvalue weighted by Crippen LogP contribution is -2.12. The molecule has 0 spiro atoms. The summed E-state index contributed by atoms with van der Waals surface area (Å²) in [5.74, 6) is -0.0349. The molecule has 0 heterocycles. The lowest BCUT2D eigenvalue weighted by molar-refractivity contribution is -0.116. The molecule has 0 aliphatic heterocycles. The van der Waals surface area contributed by atoms with Gasteiger partial charge in [0, 0.05) is 25.8 Å². The Bertz CT molecular complexity index is 413. The van der Waals surface area contributed by atoms with Crippen LogP contribution in [0.1, 0.15) is 25.3 Å². The number of carbonyl (C=O) groups excluding carboxylic acids is 1. The molecule has 0 aliphatic rings. The zero-order valence-corrected chi connectivity index (χ0v) is 10.6. The van der Waals surface area contributed by atoms with E-state index in [1.807, 2.05) is 0 Å². The van der Waals surface area contributed by atoms with Gasteiger partial charge in [0.1, 0.15) is 0 Å². The van der Waals surface area contributed by atoms with Crippen molar-refractivity contribution < 1.29 is 14.7 Å². The fourth-order valence-electron chi connectivity index (χ4n) is 1.45. The average molecular weight is 250 g/mol. The topological polar surface area (TPSA) is 70.9 Å². The predicted molar refractivity (Wildman–Crippen MR) is 70.2 cm³/mol. The van der Waals surface area contributed by atoms with Crippen LogP contribution in [0.3, 0.4) is 0 Å². The van der Waals surface area contributed by atoms with Gasteiger partial charge in [-0.3, -0.25) is 4.79 Å². The first-order valence-electron chi connectivity index (χ1n) is 5.75. The molecule has 1 aromatic rings. The van der Waals surface area contributed by atoms with E-state index in [4.69, 9.17) is 9.94 Å². The molecular weight excluding hydrogens is 232 g/mol. The fraction of sp³-hybridized carbons (Fsp3) is 0.385. The second-order valence-electron chi connectivity index (χ2n) is 3.91. The number of benzene rings is 1. The fourth-order valence-corrected chi connectivity index (χ4v) is 1.45. The zero-order valence-electron chi connectivity index (χ0n) is 10.6. The number of nitrogens with zero attached hydrogens (tertiary/aromatic N) is 1. The summed E-state index contributed by atoms with van der Waals surface area (Å²) in [6, 6.07) is 7.14. The van der Waals surface area contributed by atoms with E-state index in [0.29, 0.717) is 25.2 Å². The van der Waals surface area contributed by atoms with E-state index in [-0.39, 0.29) is 5.91 Å². The summed E-state index contributed by atoms with van der Waals surface area (Å²) < 4.78 is 4.88. The van der Waals surface area contributed by atoms with Crippen LogP contribution >= 0.6 is 0 Å². The lowest BCUT2D eigenvalue weighted by atomic mass is 10.1. The molecule has 0 saturated carbocycles. The molecule has 0 aromatic heterocycles. The lowest BCUT2D eigenvalue weighted by Gasteiger charge is -2.06. The molecule has 1 amide bonds. The number of rotatable bonds is 6. The van der Waals surface area contributed by atoms with Crippen molar-refractivity contribution in [1.29, 1.82) is 0 Å². The van der Waals surface area contributed by atoms with Gasteiger partial charge in [0.15, 0.2) is 0 Å². The Morgan fingerprint density at radius 1 is 1.39 bits per heavy atom. The first-order valence-corrected chi connectivity index (χ1v) is 5.75. The van der Waals surface area contributed by atoms with E-state index < -0.39 is 0 Å². The molecule has 0 bridgehead atoms. The molecule has 5 nitrogen and oxygen atoms in total. The van der Waals surface area contributed by atoms with Crippen LogP contribution in [0, 0.1) is 0 Å². The summed E-state index contributed by atoms with van der Waals surface area (Å²) in [6.45, 7) is 2.29. The summed E-state index contributed by atoms with van der Waals surface area (Å²) in [5, 5.41) is 14.5. The molecule has 98 valence electrons. The van der Waals surface area contributed by atoms with E-state index in [9.17, 15) is 4.79 Å². The Morgan fingerprint density at radius 3 is 2.61 bits per heavy atom. The molecule has 0 unspecified atom stereocenters. The van der Waals surface area contributed by atoms with Gasteiger partial charge in [-0.25, -0.2) is 0 Å². The highest BCUT2D eigenvalue weighted by Crippen LogP contribution is 2.11. The smallest absolute Gasteiger partial charge is 0.224 e. The third kappa shape index (κ3) is 4.55. The van der Waals surface area contributed by atoms with Gasteiger partial charge in [-0.15, -0.1) is 0 Å². The number of hydrogen-bond donors (Lipinski definition) is 2. The molecule has 1 aromatic carbocycles. The van der Waals surface area contributed by atoms with Crippen molar-refractivity contribution in [3.8, 4) is 0 Å². The molecule has 2 N–H and O–H groups in total. The number of nitrogens with one attached hydrogen (secondary N) is 1. The number of methoxy groups -OCH3 is 1. The predicted octanol–water partition coefficient (Wildman–Crippen LogP) is 2.25. The van der Waals surface area contributed by atoms with Crippen LogP contribution in [0.4, 0.5) is 5.69 Å². The van der Waals surface area contributed by atoms with Crippen LogP contribution in [-0.4, -0.2) is 30.5 Å². The Kier molecular flexibility index (Phi) is 5.87. The maximum absolute atomic E-state index is 11.5. The van der Waals surface area contributed by atoms with Crippen molar-refractivity contribution in [2.24, 2.45) is 5.16 Å². The first kappa shape index (κ1) is 14.2. The molecule has 0 atom stereocenters. The molecule has 0 aliphatic carbocycles. The van der Waals surface area contributed by atoms with E-state index in [2.05, 4.69) is 10.5 Å². The molecule has 1 rings (SSSR count). The second-order valence-corrected chi connectivity index (χ2v) is 3.91. The summed E-state index contributed by atoms with van der Waals surface area (Å²) >= 11 is 0. The van der Waals surface area contributed by atoms with Crippen molar-refractivity contribution in [3.05, 3.63) is 29.8 Å². The van der Waals surface area contributed by atoms with Crippen LogP contribution in [0.5, 0.6) is 0 Å². The maximum Gasteiger partial charge on any atom is 0.224 e. The molecule has 18 heavy (non-hydrogen) atoms. The van der Waals surface area contributed by atoms with Gasteiger partial charge in [0.25, 0.3) is 0 Å². The number of anilines is 1. The van der Waals surface area contributed by atoms with Gasteiger partial charge in [-0.05, 0) is 31.0 Å². The highest BCUT2D eigenvalue weighted by atomic mass is 16.5. The van der Waals surface area contributed by atoms with Gasteiger partial charge in [-0.2, -0.15) is 0 Å². The van der Waals surface area contributed by atoms with Crippen LogP contribution < -0.4 is 5.32 Å². The third-order valence-electron chi connectivity index (χ3n) is 2.49. The van der Waals surface area contributed by atoms with Crippen LogP contribution in [-0.2, 0) is 9.53 Å². The number of carbonyl (C=O) groups is 1. The minimum absolute atomic E-state index is 0.0349. The minimum Gasteiger partial charge on any atom is -0.411 e. The molecule has 0 radical (unpaired) electrons.